The number of nitrogens with one attached hydrogen (secondary N) is 1. The Bertz CT molecular complexity index is 653. The summed E-state index contributed by atoms with van der Waals surface area (Å²) in [5.41, 5.74) is 0. The first-order valence-electron chi connectivity index (χ1n) is 4.83. The number of benzene rings is 1. The van der Waals surface area contributed by atoms with Crippen LogP contribution in [-0.2, 0) is 9.59 Å². The van der Waals surface area contributed by atoms with Crippen molar-refractivity contribution in [2.75, 3.05) is 0 Å². The van der Waals surface area contributed by atoms with Gasteiger partial charge in [-0.25, -0.2) is 0 Å². The van der Waals surface area contributed by atoms with E-state index in [1.807, 2.05) is 0 Å². The van der Waals surface area contributed by atoms with Gasteiger partial charge in [0.05, 0.1) is 0 Å². The van der Waals surface area contributed by atoms with Crippen molar-refractivity contribution >= 4 is 16.4 Å². The van der Waals surface area contributed by atoms with E-state index < -0.39 is 20.9 Å². The van der Waals surface area contributed by atoms with Crippen LogP contribution in [0.2, 0.25) is 0 Å². The zero-order chi connectivity index (χ0) is 16.2. The molecule has 2 aromatic rings. The molecule has 0 spiro atoms. The predicted molar refractivity (Wildman–Crippen MR) is 59.3 cm³/mol. The Morgan fingerprint density at radius 2 is 1.76 bits per heavy atom. The Balaban J connectivity index is 0.000000677. The standard InChI is InChI=1S/C8H6F5N3OS.CO2/c9-18(10,11,12,13)7-3-1-2-6(4-7)17-8-5-14-16-15-8;2-1-3/h1-5H,(H,14,15,16);. The highest BCUT2D eigenvalue weighted by Gasteiger charge is 2.65. The van der Waals surface area contributed by atoms with Crippen molar-refractivity contribution in [3.63, 3.8) is 0 Å². The van der Waals surface area contributed by atoms with Gasteiger partial charge in [-0.1, -0.05) is 25.5 Å². The van der Waals surface area contributed by atoms with Gasteiger partial charge in [-0.05, 0) is 12.1 Å². The fourth-order valence-corrected chi connectivity index (χ4v) is 1.81. The van der Waals surface area contributed by atoms with Gasteiger partial charge < -0.3 is 4.74 Å². The summed E-state index contributed by atoms with van der Waals surface area (Å²) in [5.74, 6) is -0.538. The lowest BCUT2D eigenvalue weighted by Crippen LogP contribution is -2.05. The average molecular weight is 331 g/mol. The quantitative estimate of drug-likeness (QED) is 0.867. The highest BCUT2D eigenvalue weighted by Crippen LogP contribution is 3.02. The molecule has 1 aromatic carbocycles. The summed E-state index contributed by atoms with van der Waals surface area (Å²) < 4.78 is 67.4. The van der Waals surface area contributed by atoms with Crippen molar-refractivity contribution in [1.82, 2.24) is 15.4 Å². The van der Waals surface area contributed by atoms with Crippen LogP contribution >= 0.6 is 10.2 Å². The molecule has 6 nitrogen and oxygen atoms in total. The van der Waals surface area contributed by atoms with Crippen molar-refractivity contribution in [2.24, 2.45) is 0 Å². The van der Waals surface area contributed by atoms with E-state index >= 15 is 0 Å². The molecule has 0 atom stereocenters. The van der Waals surface area contributed by atoms with Gasteiger partial charge in [0.1, 0.15) is 16.8 Å². The van der Waals surface area contributed by atoms with E-state index in [0.29, 0.717) is 0 Å². The number of carbonyl (C=O) groups excluding carboxylic acids is 2. The smallest absolute Gasteiger partial charge is 0.373 e. The molecule has 0 saturated heterocycles. The van der Waals surface area contributed by atoms with Gasteiger partial charge in [0, 0.05) is 6.07 Å². The lowest BCUT2D eigenvalue weighted by molar-refractivity contribution is -0.191. The first kappa shape index (κ1) is 16.6. The van der Waals surface area contributed by atoms with Gasteiger partial charge in [0.2, 0.25) is 0 Å². The highest BCUT2D eigenvalue weighted by atomic mass is 32.5. The fraction of sp³-hybridized carbons (Fsp3) is 0. The number of halogens is 5. The van der Waals surface area contributed by atoms with Crippen molar-refractivity contribution in [1.29, 1.82) is 0 Å². The first-order valence-corrected chi connectivity index (χ1v) is 6.78. The molecule has 12 heteroatoms. The maximum Gasteiger partial charge on any atom is 0.373 e. The van der Waals surface area contributed by atoms with E-state index in [9.17, 15) is 19.4 Å². The molecule has 0 bridgehead atoms. The van der Waals surface area contributed by atoms with Crippen molar-refractivity contribution in [2.45, 2.75) is 4.90 Å². The van der Waals surface area contributed by atoms with Crippen LogP contribution in [0.25, 0.3) is 0 Å². The molecule has 116 valence electrons. The molecule has 1 heterocycles. The largest absolute Gasteiger partial charge is 0.436 e. The molecule has 0 aliphatic rings. The van der Waals surface area contributed by atoms with Crippen LogP contribution in [0.3, 0.4) is 0 Å². The molecular formula is C9H6F5N3O3S. The molecular weight excluding hydrogens is 325 g/mol. The Kier molecular flexibility index (Phi) is 3.81. The van der Waals surface area contributed by atoms with E-state index in [1.165, 1.54) is 0 Å². The number of hydrogen-bond donors (Lipinski definition) is 1. The predicted octanol–water partition coefficient (Wildman–Crippen LogP) is 3.67. The Hall–Kier alpha value is -2.46. The molecule has 0 radical (unpaired) electrons. The number of ether oxygens (including phenoxy) is 1. The van der Waals surface area contributed by atoms with Gasteiger partial charge in [-0.3, -0.25) is 0 Å². The monoisotopic (exact) mass is 331 g/mol. The lowest BCUT2D eigenvalue weighted by atomic mass is 10.3. The zero-order valence-corrected chi connectivity index (χ0v) is 10.6. The molecule has 1 N–H and O–H groups in total. The number of nitrogens with zero attached hydrogens (tertiary/aromatic N) is 2. The van der Waals surface area contributed by atoms with Crippen LogP contribution in [0, 0.1) is 0 Å². The summed E-state index contributed by atoms with van der Waals surface area (Å²) >= 11 is 0. The van der Waals surface area contributed by atoms with Gasteiger partial charge in [0.15, 0.2) is 0 Å². The first-order chi connectivity index (χ1) is 9.46. The van der Waals surface area contributed by atoms with Crippen molar-refractivity contribution in [3.05, 3.63) is 30.5 Å². The summed E-state index contributed by atoms with van der Waals surface area (Å²) in [6, 6.07) is 2.43. The molecule has 0 aliphatic heterocycles. The van der Waals surface area contributed by atoms with E-state index in [2.05, 4.69) is 15.4 Å². The topological polar surface area (TPSA) is 84.9 Å². The van der Waals surface area contributed by atoms with E-state index in [-0.39, 0.29) is 24.2 Å². The minimum Gasteiger partial charge on any atom is -0.436 e. The third kappa shape index (κ3) is 5.20. The van der Waals surface area contributed by atoms with E-state index in [0.717, 1.165) is 18.3 Å². The van der Waals surface area contributed by atoms with Gasteiger partial charge in [-0.2, -0.15) is 19.9 Å². The average Bonchev–Trinajstić information content (AvgIpc) is 2.80. The molecule has 21 heavy (non-hydrogen) atoms. The summed E-state index contributed by atoms with van der Waals surface area (Å²) in [5, 5.41) is 8.94. The third-order valence-electron chi connectivity index (χ3n) is 1.87. The Morgan fingerprint density at radius 3 is 2.24 bits per heavy atom. The SMILES string of the molecule is FS(F)(F)(F)(F)c1cccc(Oc2cn[nH]n2)c1.O=C=O. The maximum atomic E-state index is 12.5. The minimum absolute atomic E-state index is 0.130. The van der Waals surface area contributed by atoms with E-state index in [1.54, 1.807) is 0 Å². The molecule has 0 unspecified atom stereocenters. The molecule has 0 aliphatic carbocycles. The van der Waals surface area contributed by atoms with Gasteiger partial charge in [0.25, 0.3) is 5.88 Å². The number of H-pyrrole nitrogens is 1. The Labute approximate surface area is 113 Å². The third-order valence-corrected chi connectivity index (χ3v) is 3.01. The van der Waals surface area contributed by atoms with E-state index in [4.69, 9.17) is 14.3 Å². The second-order valence-electron chi connectivity index (χ2n) is 3.44. The summed E-state index contributed by atoms with van der Waals surface area (Å²) in [4.78, 5) is 14.2. The second kappa shape index (κ2) is 4.82. The highest BCUT2D eigenvalue weighted by molar-refractivity contribution is 8.45. The molecule has 0 fully saturated rings. The summed E-state index contributed by atoms with van der Waals surface area (Å²) in [6.45, 7) is 0. The number of rotatable bonds is 3. The minimum atomic E-state index is -9.69. The van der Waals surface area contributed by atoms with Crippen LogP contribution < -0.4 is 4.74 Å². The molecule has 1 aromatic heterocycles. The van der Waals surface area contributed by atoms with Crippen LogP contribution in [-0.4, -0.2) is 21.6 Å². The molecule has 0 amide bonds. The molecule has 0 saturated carbocycles. The van der Waals surface area contributed by atoms with Gasteiger partial charge in [-0.15, -0.1) is 5.10 Å². The van der Waals surface area contributed by atoms with Crippen LogP contribution in [0.15, 0.2) is 35.4 Å². The number of aromatic amines is 1. The van der Waals surface area contributed by atoms with Crippen LogP contribution in [0.4, 0.5) is 19.4 Å². The summed E-state index contributed by atoms with van der Waals surface area (Å²) in [6.07, 6.45) is 1.34. The normalized spacial score (nSPS) is 14.0. The van der Waals surface area contributed by atoms with Crippen molar-refractivity contribution in [3.8, 4) is 11.6 Å². The zero-order valence-electron chi connectivity index (χ0n) is 9.80. The van der Waals surface area contributed by atoms with Gasteiger partial charge >= 0.3 is 16.4 Å². The van der Waals surface area contributed by atoms with Crippen LogP contribution in [0.5, 0.6) is 11.6 Å². The van der Waals surface area contributed by atoms with Crippen molar-refractivity contribution < 1.29 is 33.8 Å². The van der Waals surface area contributed by atoms with Crippen LogP contribution in [0.1, 0.15) is 0 Å². The lowest BCUT2D eigenvalue weighted by Gasteiger charge is -2.40. The Morgan fingerprint density at radius 1 is 1.14 bits per heavy atom. The second-order valence-corrected chi connectivity index (χ2v) is 5.85. The number of hydrogen-bond acceptors (Lipinski definition) is 5. The maximum absolute atomic E-state index is 12.5. The fourth-order valence-electron chi connectivity index (χ4n) is 1.14. The molecule has 2 rings (SSSR count). The summed E-state index contributed by atoms with van der Waals surface area (Å²) in [7, 11) is -9.69. The number of aromatic nitrogens is 3.